The van der Waals surface area contributed by atoms with Gasteiger partial charge in [-0.1, -0.05) is 17.7 Å². The van der Waals surface area contributed by atoms with Gasteiger partial charge in [-0.2, -0.15) is 0 Å². The van der Waals surface area contributed by atoms with Crippen molar-refractivity contribution in [2.45, 2.75) is 26.3 Å². The van der Waals surface area contributed by atoms with Crippen LogP contribution in [-0.2, 0) is 4.79 Å². The summed E-state index contributed by atoms with van der Waals surface area (Å²) in [5, 5.41) is 18.9. The maximum absolute atomic E-state index is 11.0. The molecule has 2 N–H and O–H groups in total. The van der Waals surface area contributed by atoms with E-state index in [9.17, 15) is 9.90 Å². The van der Waals surface area contributed by atoms with E-state index in [4.69, 9.17) is 5.11 Å². The first-order valence-electron chi connectivity index (χ1n) is 6.25. The number of phenols is 1. The highest BCUT2D eigenvalue weighted by atomic mass is 16.4. The third-order valence-electron chi connectivity index (χ3n) is 3.75. The number of hydrogen-bond donors (Lipinski definition) is 2. The number of likely N-dealkylation sites (tertiary alicyclic amines) is 1. The summed E-state index contributed by atoms with van der Waals surface area (Å²) in [6.07, 6.45) is 0.687. The Morgan fingerprint density at radius 1 is 1.50 bits per heavy atom. The van der Waals surface area contributed by atoms with Gasteiger partial charge in [0.1, 0.15) is 5.75 Å². The Balaban J connectivity index is 2.15. The molecule has 0 bridgehead atoms. The smallest absolute Gasteiger partial charge is 0.307 e. The van der Waals surface area contributed by atoms with Crippen LogP contribution in [0.2, 0.25) is 0 Å². The molecule has 2 unspecified atom stereocenters. The molecule has 98 valence electrons. The molecule has 1 heterocycles. The zero-order valence-corrected chi connectivity index (χ0v) is 10.8. The van der Waals surface area contributed by atoms with Crippen LogP contribution in [0.5, 0.6) is 5.75 Å². The Hall–Kier alpha value is -1.55. The number of rotatable bonds is 3. The fraction of sp³-hybridized carbons (Fsp3) is 0.500. The van der Waals surface area contributed by atoms with Gasteiger partial charge in [-0.25, -0.2) is 0 Å². The molecule has 0 aliphatic carbocycles. The van der Waals surface area contributed by atoms with Crippen LogP contribution in [0.15, 0.2) is 18.2 Å². The number of aliphatic carboxylic acids is 1. The van der Waals surface area contributed by atoms with Crippen LogP contribution in [0.3, 0.4) is 0 Å². The van der Waals surface area contributed by atoms with Gasteiger partial charge in [0.05, 0.1) is 5.92 Å². The number of phenolic OH excluding ortho intramolecular Hbond substituents is 1. The summed E-state index contributed by atoms with van der Waals surface area (Å²) in [5.74, 6) is -0.718. The van der Waals surface area contributed by atoms with E-state index in [0.717, 1.165) is 17.7 Å². The number of carbonyl (C=O) groups is 1. The highest BCUT2D eigenvalue weighted by Crippen LogP contribution is 2.32. The van der Waals surface area contributed by atoms with Crippen LogP contribution in [0, 0.1) is 12.8 Å². The maximum Gasteiger partial charge on any atom is 0.307 e. The molecule has 18 heavy (non-hydrogen) atoms. The fourth-order valence-corrected chi connectivity index (χ4v) is 2.55. The van der Waals surface area contributed by atoms with Crippen molar-refractivity contribution in [3.63, 3.8) is 0 Å². The first-order chi connectivity index (χ1) is 8.49. The lowest BCUT2D eigenvalue weighted by molar-refractivity contribution is -0.141. The van der Waals surface area contributed by atoms with Gasteiger partial charge in [0.25, 0.3) is 0 Å². The molecule has 1 aromatic carbocycles. The summed E-state index contributed by atoms with van der Waals surface area (Å²) in [4.78, 5) is 13.1. The molecule has 0 saturated carbocycles. The van der Waals surface area contributed by atoms with Gasteiger partial charge in [-0.3, -0.25) is 9.69 Å². The van der Waals surface area contributed by atoms with Crippen LogP contribution in [0.25, 0.3) is 0 Å². The lowest BCUT2D eigenvalue weighted by atomic mass is 10.0. The molecule has 1 aliphatic heterocycles. The number of benzene rings is 1. The molecule has 1 aromatic rings. The van der Waals surface area contributed by atoms with E-state index in [1.807, 2.05) is 26.0 Å². The number of nitrogens with zero attached hydrogens (tertiary/aromatic N) is 1. The molecular weight excluding hydrogens is 230 g/mol. The fourth-order valence-electron chi connectivity index (χ4n) is 2.55. The van der Waals surface area contributed by atoms with Gasteiger partial charge in [0.2, 0.25) is 0 Å². The average molecular weight is 249 g/mol. The third kappa shape index (κ3) is 2.48. The van der Waals surface area contributed by atoms with Crippen LogP contribution in [0.1, 0.15) is 30.5 Å². The van der Waals surface area contributed by atoms with Crippen molar-refractivity contribution < 1.29 is 15.0 Å². The van der Waals surface area contributed by atoms with Crippen LogP contribution < -0.4 is 0 Å². The second kappa shape index (κ2) is 4.98. The van der Waals surface area contributed by atoms with Crippen molar-refractivity contribution in [3.8, 4) is 5.75 Å². The highest BCUT2D eigenvalue weighted by molar-refractivity contribution is 5.70. The lowest BCUT2D eigenvalue weighted by Gasteiger charge is -2.25. The number of hydrogen-bond acceptors (Lipinski definition) is 3. The Labute approximate surface area is 107 Å². The molecule has 1 fully saturated rings. The molecule has 4 heteroatoms. The predicted molar refractivity (Wildman–Crippen MR) is 68.6 cm³/mol. The second-order valence-electron chi connectivity index (χ2n) is 5.06. The minimum atomic E-state index is -0.724. The molecular formula is C14H19NO3. The van der Waals surface area contributed by atoms with Gasteiger partial charge < -0.3 is 10.2 Å². The summed E-state index contributed by atoms with van der Waals surface area (Å²) < 4.78 is 0. The second-order valence-corrected chi connectivity index (χ2v) is 5.06. The minimum Gasteiger partial charge on any atom is -0.508 e. The van der Waals surface area contributed by atoms with E-state index >= 15 is 0 Å². The van der Waals surface area contributed by atoms with E-state index in [-0.39, 0.29) is 17.7 Å². The molecule has 0 aromatic heterocycles. The maximum atomic E-state index is 11.0. The van der Waals surface area contributed by atoms with Crippen LogP contribution in [-0.4, -0.2) is 34.2 Å². The molecule has 2 atom stereocenters. The Kier molecular flexibility index (Phi) is 3.57. The third-order valence-corrected chi connectivity index (χ3v) is 3.75. The summed E-state index contributed by atoms with van der Waals surface area (Å²) in [5.41, 5.74) is 1.98. The van der Waals surface area contributed by atoms with Crippen LogP contribution in [0.4, 0.5) is 0 Å². The van der Waals surface area contributed by atoms with Crippen molar-refractivity contribution in [2.24, 2.45) is 5.92 Å². The summed E-state index contributed by atoms with van der Waals surface area (Å²) in [6.45, 7) is 5.33. The zero-order valence-electron chi connectivity index (χ0n) is 10.8. The lowest BCUT2D eigenvalue weighted by Crippen LogP contribution is -2.26. The molecule has 2 rings (SSSR count). The quantitative estimate of drug-likeness (QED) is 0.862. The van der Waals surface area contributed by atoms with E-state index in [1.54, 1.807) is 6.07 Å². The number of carboxylic acid groups (broad SMARTS) is 1. The van der Waals surface area contributed by atoms with Gasteiger partial charge in [0.15, 0.2) is 0 Å². The van der Waals surface area contributed by atoms with Gasteiger partial charge in [0, 0.05) is 18.2 Å². The van der Waals surface area contributed by atoms with Gasteiger partial charge in [-0.15, -0.1) is 0 Å². The average Bonchev–Trinajstić information content (AvgIpc) is 2.81. The van der Waals surface area contributed by atoms with Crippen molar-refractivity contribution in [2.75, 3.05) is 13.1 Å². The molecule has 4 nitrogen and oxygen atoms in total. The van der Waals surface area contributed by atoms with E-state index in [0.29, 0.717) is 13.0 Å². The van der Waals surface area contributed by atoms with Gasteiger partial charge in [-0.05, 0) is 32.9 Å². The highest BCUT2D eigenvalue weighted by Gasteiger charge is 2.31. The molecule has 1 aliphatic rings. The topological polar surface area (TPSA) is 60.8 Å². The minimum absolute atomic E-state index is 0.0502. The molecule has 1 saturated heterocycles. The molecule has 0 amide bonds. The summed E-state index contributed by atoms with van der Waals surface area (Å²) >= 11 is 0. The standard InChI is InChI=1S/C14H19NO3/c1-9-3-4-13(16)12(7-9)10(2)15-6-5-11(8-15)14(17)18/h3-4,7,10-11,16H,5-6,8H2,1-2H3,(H,17,18). The van der Waals surface area contributed by atoms with E-state index < -0.39 is 5.97 Å². The summed E-state index contributed by atoms with van der Waals surface area (Å²) in [6, 6.07) is 5.59. The van der Waals surface area contributed by atoms with Crippen LogP contribution >= 0.6 is 0 Å². The molecule has 0 spiro atoms. The van der Waals surface area contributed by atoms with Crippen molar-refractivity contribution in [1.82, 2.24) is 4.90 Å². The predicted octanol–water partition coefficient (Wildman–Crippen LogP) is 2.17. The van der Waals surface area contributed by atoms with E-state index in [1.165, 1.54) is 0 Å². The van der Waals surface area contributed by atoms with Crippen molar-refractivity contribution >= 4 is 5.97 Å². The van der Waals surface area contributed by atoms with Crippen molar-refractivity contribution in [3.05, 3.63) is 29.3 Å². The first-order valence-corrected chi connectivity index (χ1v) is 6.25. The largest absolute Gasteiger partial charge is 0.508 e. The normalized spacial score (nSPS) is 22.0. The zero-order chi connectivity index (χ0) is 13.3. The van der Waals surface area contributed by atoms with Crippen molar-refractivity contribution in [1.29, 1.82) is 0 Å². The number of aromatic hydroxyl groups is 1. The van der Waals surface area contributed by atoms with E-state index in [2.05, 4.69) is 4.90 Å². The Morgan fingerprint density at radius 3 is 2.83 bits per heavy atom. The number of carboxylic acids is 1. The Bertz CT molecular complexity index is 458. The Morgan fingerprint density at radius 2 is 2.22 bits per heavy atom. The monoisotopic (exact) mass is 249 g/mol. The summed E-state index contributed by atoms with van der Waals surface area (Å²) in [7, 11) is 0. The molecule has 0 radical (unpaired) electrons. The number of aryl methyl sites for hydroxylation is 1. The first kappa shape index (κ1) is 12.9. The van der Waals surface area contributed by atoms with Gasteiger partial charge >= 0.3 is 5.97 Å². The SMILES string of the molecule is Cc1ccc(O)c(C(C)N2CCC(C(=O)O)C2)c1.